The number of nitrogens with zero attached hydrogens (tertiary/aromatic N) is 2. The monoisotopic (exact) mass is 298 g/mol. The molecule has 0 aliphatic carbocycles. The standard InChI is InChI=1S/C13H19BrN2O/c1-13(2)7-11(17)5-6-16(9-13)12-4-3-10(14)8-15-12/h3-4,8,11,17H,5-7,9H2,1-2H3/t11-/m0/s1. The van der Waals surface area contributed by atoms with Crippen LogP contribution in [-0.4, -0.2) is 29.3 Å². The third-order valence-corrected chi connectivity index (χ3v) is 3.64. The van der Waals surface area contributed by atoms with Crippen molar-refractivity contribution < 1.29 is 5.11 Å². The average Bonchev–Trinajstić information content (AvgIpc) is 2.37. The van der Waals surface area contributed by atoms with Gasteiger partial charge in [-0.05, 0) is 46.3 Å². The van der Waals surface area contributed by atoms with E-state index in [1.54, 1.807) is 0 Å². The molecule has 0 radical (unpaired) electrons. The Morgan fingerprint density at radius 1 is 1.47 bits per heavy atom. The van der Waals surface area contributed by atoms with Crippen molar-refractivity contribution in [1.29, 1.82) is 0 Å². The number of hydrogen-bond acceptors (Lipinski definition) is 3. The maximum atomic E-state index is 9.88. The molecule has 1 aromatic heterocycles. The van der Waals surface area contributed by atoms with E-state index in [-0.39, 0.29) is 11.5 Å². The molecule has 1 aliphatic heterocycles. The van der Waals surface area contributed by atoms with E-state index in [1.807, 2.05) is 18.3 Å². The number of halogens is 1. The molecule has 2 heterocycles. The van der Waals surface area contributed by atoms with Gasteiger partial charge in [0.25, 0.3) is 0 Å². The quantitative estimate of drug-likeness (QED) is 0.866. The Morgan fingerprint density at radius 2 is 2.24 bits per heavy atom. The summed E-state index contributed by atoms with van der Waals surface area (Å²) in [5, 5.41) is 9.88. The number of pyridine rings is 1. The maximum absolute atomic E-state index is 9.88. The van der Waals surface area contributed by atoms with E-state index in [2.05, 4.69) is 39.7 Å². The summed E-state index contributed by atoms with van der Waals surface area (Å²) in [7, 11) is 0. The highest BCUT2D eigenvalue weighted by Crippen LogP contribution is 2.30. The molecule has 2 rings (SSSR count). The van der Waals surface area contributed by atoms with Crippen LogP contribution in [0.5, 0.6) is 0 Å². The van der Waals surface area contributed by atoms with Gasteiger partial charge in [0.05, 0.1) is 6.10 Å². The van der Waals surface area contributed by atoms with Crippen molar-refractivity contribution >= 4 is 21.7 Å². The smallest absolute Gasteiger partial charge is 0.128 e. The summed E-state index contributed by atoms with van der Waals surface area (Å²) in [4.78, 5) is 6.70. The van der Waals surface area contributed by atoms with Crippen molar-refractivity contribution in [2.75, 3.05) is 18.0 Å². The fourth-order valence-corrected chi connectivity index (χ4v) is 2.69. The summed E-state index contributed by atoms with van der Waals surface area (Å²) in [6.45, 7) is 6.22. The molecule has 1 aliphatic rings. The van der Waals surface area contributed by atoms with Gasteiger partial charge in [0.15, 0.2) is 0 Å². The second-order valence-electron chi connectivity index (χ2n) is 5.57. The molecule has 0 aromatic carbocycles. The maximum Gasteiger partial charge on any atom is 0.128 e. The van der Waals surface area contributed by atoms with Crippen LogP contribution in [0.25, 0.3) is 0 Å². The SMILES string of the molecule is CC1(C)C[C@@H](O)CCN(c2ccc(Br)cn2)C1. The van der Waals surface area contributed by atoms with Crippen LogP contribution in [0.2, 0.25) is 0 Å². The first-order valence-corrected chi connectivity index (χ1v) is 6.80. The Morgan fingerprint density at radius 3 is 2.88 bits per heavy atom. The predicted octanol–water partition coefficient (Wildman–Crippen LogP) is 2.83. The molecular weight excluding hydrogens is 280 g/mol. The molecule has 0 amide bonds. The molecule has 0 unspecified atom stereocenters. The van der Waals surface area contributed by atoms with E-state index < -0.39 is 0 Å². The average molecular weight is 299 g/mol. The van der Waals surface area contributed by atoms with E-state index in [0.29, 0.717) is 0 Å². The lowest BCUT2D eigenvalue weighted by Gasteiger charge is -2.30. The minimum Gasteiger partial charge on any atom is -0.393 e. The summed E-state index contributed by atoms with van der Waals surface area (Å²) in [5.74, 6) is 0.996. The molecule has 4 heteroatoms. The van der Waals surface area contributed by atoms with E-state index >= 15 is 0 Å². The van der Waals surface area contributed by atoms with Gasteiger partial charge >= 0.3 is 0 Å². The Balaban J connectivity index is 2.17. The first kappa shape index (κ1) is 12.8. The fraction of sp³-hybridized carbons (Fsp3) is 0.615. The van der Waals surface area contributed by atoms with Gasteiger partial charge in [-0.1, -0.05) is 13.8 Å². The van der Waals surface area contributed by atoms with Crippen molar-refractivity contribution in [3.63, 3.8) is 0 Å². The number of aliphatic hydroxyl groups excluding tert-OH is 1. The van der Waals surface area contributed by atoms with Crippen LogP contribution in [0.1, 0.15) is 26.7 Å². The lowest BCUT2D eigenvalue weighted by Crippen LogP contribution is -2.33. The Labute approximate surface area is 111 Å². The van der Waals surface area contributed by atoms with E-state index in [9.17, 15) is 5.11 Å². The Bertz CT molecular complexity index is 378. The number of aliphatic hydroxyl groups is 1. The molecule has 0 saturated carbocycles. The molecule has 1 fully saturated rings. The summed E-state index contributed by atoms with van der Waals surface area (Å²) in [6, 6.07) is 4.04. The second-order valence-corrected chi connectivity index (χ2v) is 6.48. The van der Waals surface area contributed by atoms with Crippen molar-refractivity contribution in [1.82, 2.24) is 4.98 Å². The summed E-state index contributed by atoms with van der Waals surface area (Å²) >= 11 is 3.40. The number of hydrogen-bond donors (Lipinski definition) is 1. The lowest BCUT2D eigenvalue weighted by molar-refractivity contribution is 0.123. The third kappa shape index (κ3) is 3.42. The minimum absolute atomic E-state index is 0.130. The lowest BCUT2D eigenvalue weighted by atomic mass is 9.87. The van der Waals surface area contributed by atoms with E-state index in [1.165, 1.54) is 0 Å². The van der Waals surface area contributed by atoms with Gasteiger partial charge in [0, 0.05) is 23.8 Å². The van der Waals surface area contributed by atoms with Gasteiger partial charge in [-0.3, -0.25) is 0 Å². The normalized spacial score (nSPS) is 24.5. The third-order valence-electron chi connectivity index (χ3n) is 3.18. The first-order valence-electron chi connectivity index (χ1n) is 6.01. The van der Waals surface area contributed by atoms with Gasteiger partial charge in [-0.25, -0.2) is 4.98 Å². The van der Waals surface area contributed by atoms with Crippen LogP contribution in [-0.2, 0) is 0 Å². The molecule has 0 bridgehead atoms. The van der Waals surface area contributed by atoms with Gasteiger partial charge < -0.3 is 10.0 Å². The summed E-state index contributed by atoms with van der Waals surface area (Å²) in [6.07, 6.45) is 3.32. The molecular formula is C13H19BrN2O. The largest absolute Gasteiger partial charge is 0.393 e. The Kier molecular flexibility index (Phi) is 3.73. The van der Waals surface area contributed by atoms with Gasteiger partial charge in [-0.15, -0.1) is 0 Å². The molecule has 1 N–H and O–H groups in total. The fourth-order valence-electron chi connectivity index (χ4n) is 2.46. The highest BCUT2D eigenvalue weighted by Gasteiger charge is 2.29. The number of rotatable bonds is 1. The molecule has 17 heavy (non-hydrogen) atoms. The van der Waals surface area contributed by atoms with Crippen molar-refractivity contribution in [3.8, 4) is 0 Å². The van der Waals surface area contributed by atoms with Crippen LogP contribution >= 0.6 is 15.9 Å². The van der Waals surface area contributed by atoms with Crippen molar-refractivity contribution in [2.45, 2.75) is 32.8 Å². The number of anilines is 1. The first-order chi connectivity index (χ1) is 7.96. The predicted molar refractivity (Wildman–Crippen MR) is 73.2 cm³/mol. The van der Waals surface area contributed by atoms with Crippen LogP contribution in [0.4, 0.5) is 5.82 Å². The minimum atomic E-state index is -0.189. The number of aromatic nitrogens is 1. The topological polar surface area (TPSA) is 36.4 Å². The zero-order valence-electron chi connectivity index (χ0n) is 10.4. The molecule has 3 nitrogen and oxygen atoms in total. The van der Waals surface area contributed by atoms with E-state index in [0.717, 1.165) is 36.2 Å². The van der Waals surface area contributed by atoms with Crippen LogP contribution in [0.15, 0.2) is 22.8 Å². The zero-order valence-corrected chi connectivity index (χ0v) is 11.9. The van der Waals surface area contributed by atoms with E-state index in [4.69, 9.17) is 0 Å². The molecule has 1 aromatic rings. The molecule has 1 saturated heterocycles. The zero-order chi connectivity index (χ0) is 12.5. The van der Waals surface area contributed by atoms with Crippen LogP contribution in [0, 0.1) is 5.41 Å². The molecule has 1 atom stereocenters. The Hall–Kier alpha value is -0.610. The van der Waals surface area contributed by atoms with Gasteiger partial charge in [0.1, 0.15) is 5.82 Å². The molecule has 0 spiro atoms. The summed E-state index contributed by atoms with van der Waals surface area (Å²) < 4.78 is 0.996. The van der Waals surface area contributed by atoms with Crippen LogP contribution < -0.4 is 4.90 Å². The summed E-state index contributed by atoms with van der Waals surface area (Å²) in [5.41, 5.74) is 0.130. The molecule has 94 valence electrons. The highest BCUT2D eigenvalue weighted by molar-refractivity contribution is 9.10. The second kappa shape index (κ2) is 4.94. The van der Waals surface area contributed by atoms with Gasteiger partial charge in [-0.2, -0.15) is 0 Å². The highest BCUT2D eigenvalue weighted by atomic mass is 79.9. The van der Waals surface area contributed by atoms with Gasteiger partial charge in [0.2, 0.25) is 0 Å². The van der Waals surface area contributed by atoms with Crippen LogP contribution in [0.3, 0.4) is 0 Å². The van der Waals surface area contributed by atoms with Crippen molar-refractivity contribution in [3.05, 3.63) is 22.8 Å². The van der Waals surface area contributed by atoms with Crippen molar-refractivity contribution in [2.24, 2.45) is 5.41 Å².